The molecule has 1 aliphatic heterocycles. The predicted molar refractivity (Wildman–Crippen MR) is 99.0 cm³/mol. The lowest BCUT2D eigenvalue weighted by Gasteiger charge is -2.22. The van der Waals surface area contributed by atoms with Gasteiger partial charge < -0.3 is 10.2 Å². The van der Waals surface area contributed by atoms with E-state index in [4.69, 9.17) is 0 Å². The highest BCUT2D eigenvalue weighted by Gasteiger charge is 2.21. The molecule has 0 bridgehead atoms. The highest BCUT2D eigenvalue weighted by molar-refractivity contribution is 6.04. The van der Waals surface area contributed by atoms with Crippen LogP contribution in [-0.4, -0.2) is 41.0 Å². The molecule has 134 valence electrons. The minimum absolute atomic E-state index is 0.124. The maximum Gasteiger partial charge on any atom is 0.280 e. The number of aromatic nitrogens is 3. The third-order valence-electron chi connectivity index (χ3n) is 4.86. The molecule has 1 saturated heterocycles. The highest BCUT2D eigenvalue weighted by Crippen LogP contribution is 2.19. The van der Waals surface area contributed by atoms with E-state index in [2.05, 4.69) is 34.7 Å². The Kier molecular flexibility index (Phi) is 5.81. The van der Waals surface area contributed by atoms with Crippen molar-refractivity contribution in [1.29, 1.82) is 0 Å². The molecule has 1 fully saturated rings. The lowest BCUT2D eigenvalue weighted by Crippen LogP contribution is -2.29. The second kappa shape index (κ2) is 8.25. The number of amides is 1. The third kappa shape index (κ3) is 4.25. The number of carbonyl (C=O) groups is 1. The van der Waals surface area contributed by atoms with Crippen LogP contribution in [0.15, 0.2) is 30.5 Å². The van der Waals surface area contributed by atoms with Gasteiger partial charge in [-0.15, -0.1) is 5.10 Å². The second-order valence-electron chi connectivity index (χ2n) is 6.70. The third-order valence-corrected chi connectivity index (χ3v) is 4.86. The lowest BCUT2D eigenvalue weighted by molar-refractivity contribution is 0.0988. The van der Waals surface area contributed by atoms with E-state index in [0.29, 0.717) is 11.7 Å². The van der Waals surface area contributed by atoms with Gasteiger partial charge in [-0.05, 0) is 56.5 Å². The van der Waals surface area contributed by atoms with Crippen LogP contribution in [0.4, 0.5) is 5.69 Å². The van der Waals surface area contributed by atoms with Crippen LogP contribution in [0.1, 0.15) is 54.7 Å². The van der Waals surface area contributed by atoms with Crippen molar-refractivity contribution in [3.63, 3.8) is 0 Å². The maximum atomic E-state index is 12.7. The quantitative estimate of drug-likeness (QED) is 0.877. The van der Waals surface area contributed by atoms with Gasteiger partial charge in [0.25, 0.3) is 5.91 Å². The Morgan fingerprint density at radius 1 is 1.28 bits per heavy atom. The summed E-state index contributed by atoms with van der Waals surface area (Å²) in [6, 6.07) is 8.53. The van der Waals surface area contributed by atoms with Crippen molar-refractivity contribution in [2.45, 2.75) is 45.1 Å². The summed E-state index contributed by atoms with van der Waals surface area (Å²) in [5.74, 6) is -0.124. The Morgan fingerprint density at radius 2 is 2.00 bits per heavy atom. The monoisotopic (exact) mass is 341 g/mol. The molecule has 0 unspecified atom stereocenters. The molecule has 2 heterocycles. The Bertz CT molecular complexity index is 688. The van der Waals surface area contributed by atoms with Crippen LogP contribution in [0.5, 0.6) is 0 Å². The zero-order chi connectivity index (χ0) is 17.6. The van der Waals surface area contributed by atoms with E-state index in [9.17, 15) is 4.79 Å². The normalized spacial score (nSPS) is 15.3. The van der Waals surface area contributed by atoms with Crippen LogP contribution in [0.2, 0.25) is 0 Å². The summed E-state index contributed by atoms with van der Waals surface area (Å²) in [6.07, 6.45) is 7.28. The maximum absolute atomic E-state index is 12.7. The number of unbranched alkanes of at least 4 members (excludes halogenated alkanes) is 1. The van der Waals surface area contributed by atoms with Crippen LogP contribution in [0.25, 0.3) is 0 Å². The molecule has 1 aromatic heterocycles. The zero-order valence-corrected chi connectivity index (χ0v) is 15.1. The van der Waals surface area contributed by atoms with Crippen molar-refractivity contribution in [3.8, 4) is 0 Å². The van der Waals surface area contributed by atoms with Gasteiger partial charge in [0.2, 0.25) is 0 Å². The molecule has 6 nitrogen and oxygen atoms in total. The predicted octanol–water partition coefficient (Wildman–Crippen LogP) is 2.82. The topological polar surface area (TPSA) is 63.1 Å². The molecule has 1 amide bonds. The van der Waals surface area contributed by atoms with Crippen molar-refractivity contribution in [3.05, 3.63) is 41.7 Å². The number of benzene rings is 1. The molecule has 2 aromatic rings. The number of piperidine rings is 1. The first-order chi connectivity index (χ1) is 12.2. The molecule has 1 aliphatic rings. The average Bonchev–Trinajstić information content (AvgIpc) is 3.16. The van der Waals surface area contributed by atoms with Crippen molar-refractivity contribution in [2.24, 2.45) is 0 Å². The fourth-order valence-corrected chi connectivity index (χ4v) is 3.18. The Labute approximate surface area is 149 Å². The van der Waals surface area contributed by atoms with Gasteiger partial charge in [0.15, 0.2) is 5.69 Å². The molecular weight excluding hydrogens is 314 g/mol. The zero-order valence-electron chi connectivity index (χ0n) is 15.1. The summed E-state index contributed by atoms with van der Waals surface area (Å²) < 4.78 is 1.84. The smallest absolute Gasteiger partial charge is 0.280 e. The molecule has 25 heavy (non-hydrogen) atoms. The van der Waals surface area contributed by atoms with Gasteiger partial charge in [0.05, 0.1) is 12.2 Å². The van der Waals surface area contributed by atoms with Crippen LogP contribution in [0.3, 0.4) is 0 Å². The molecule has 1 aromatic carbocycles. The van der Waals surface area contributed by atoms with E-state index < -0.39 is 0 Å². The van der Waals surface area contributed by atoms with Gasteiger partial charge in [-0.2, -0.15) is 0 Å². The number of anilines is 1. The minimum Gasteiger partial charge on any atom is -0.317 e. The number of nitrogens with zero attached hydrogens (tertiary/aromatic N) is 4. The summed E-state index contributed by atoms with van der Waals surface area (Å²) in [7, 11) is 1.78. The number of carbonyl (C=O) groups excluding carboxylic acids is 1. The fraction of sp³-hybridized carbons (Fsp3) is 0.526. The van der Waals surface area contributed by atoms with E-state index in [1.807, 2.05) is 16.8 Å². The first-order valence-electron chi connectivity index (χ1n) is 9.18. The minimum atomic E-state index is -0.124. The van der Waals surface area contributed by atoms with E-state index in [1.165, 1.54) is 18.4 Å². The number of aryl methyl sites for hydroxylation is 1. The summed E-state index contributed by atoms with van der Waals surface area (Å²) in [5.41, 5.74) is 2.58. The molecule has 0 radical (unpaired) electrons. The van der Waals surface area contributed by atoms with Crippen LogP contribution >= 0.6 is 0 Å². The summed E-state index contributed by atoms with van der Waals surface area (Å²) in [4.78, 5) is 14.3. The van der Waals surface area contributed by atoms with Gasteiger partial charge in [-0.3, -0.25) is 4.79 Å². The van der Waals surface area contributed by atoms with Gasteiger partial charge >= 0.3 is 0 Å². The first-order valence-corrected chi connectivity index (χ1v) is 9.18. The number of rotatable bonds is 6. The number of nitrogens with one attached hydrogen (secondary N) is 1. The largest absolute Gasteiger partial charge is 0.317 e. The second-order valence-corrected chi connectivity index (χ2v) is 6.70. The van der Waals surface area contributed by atoms with Gasteiger partial charge in [0, 0.05) is 12.7 Å². The number of hydrogen-bond acceptors (Lipinski definition) is 4. The molecule has 0 aliphatic carbocycles. The van der Waals surface area contributed by atoms with Gasteiger partial charge in [-0.25, -0.2) is 4.68 Å². The Balaban J connectivity index is 1.66. The van der Waals surface area contributed by atoms with E-state index in [1.54, 1.807) is 18.1 Å². The van der Waals surface area contributed by atoms with Crippen LogP contribution < -0.4 is 10.2 Å². The van der Waals surface area contributed by atoms with Gasteiger partial charge in [0.1, 0.15) is 0 Å². The average molecular weight is 341 g/mol. The van der Waals surface area contributed by atoms with Crippen molar-refractivity contribution >= 4 is 11.6 Å². The molecule has 0 saturated carbocycles. The van der Waals surface area contributed by atoms with E-state index in [-0.39, 0.29) is 5.91 Å². The molecule has 0 atom stereocenters. The summed E-state index contributed by atoms with van der Waals surface area (Å²) in [6.45, 7) is 4.16. The molecule has 3 rings (SSSR count). The van der Waals surface area contributed by atoms with Crippen molar-refractivity contribution in [2.75, 3.05) is 25.0 Å². The molecule has 0 spiro atoms. The van der Waals surface area contributed by atoms with Crippen molar-refractivity contribution in [1.82, 2.24) is 20.3 Å². The Hall–Kier alpha value is -2.21. The highest BCUT2D eigenvalue weighted by atomic mass is 16.2. The lowest BCUT2D eigenvalue weighted by atomic mass is 10.1. The fourth-order valence-electron chi connectivity index (χ4n) is 3.18. The van der Waals surface area contributed by atoms with Crippen molar-refractivity contribution < 1.29 is 4.79 Å². The SMILES string of the molecule is CCCCc1ccc(N(C)C(=O)c2cn(C3CCNCC3)nn2)cc1. The Morgan fingerprint density at radius 3 is 2.68 bits per heavy atom. The molecule has 6 heteroatoms. The first kappa shape index (κ1) is 17.6. The van der Waals surface area contributed by atoms with E-state index in [0.717, 1.165) is 38.0 Å². The summed E-state index contributed by atoms with van der Waals surface area (Å²) in [5, 5.41) is 11.6. The molecular formula is C19H27N5O. The molecule has 1 N–H and O–H groups in total. The van der Waals surface area contributed by atoms with E-state index >= 15 is 0 Å². The van der Waals surface area contributed by atoms with Gasteiger partial charge in [-0.1, -0.05) is 30.7 Å². The standard InChI is InChI=1S/C19H27N5O/c1-3-4-5-15-6-8-16(9-7-15)23(2)19(25)18-14-24(22-21-18)17-10-12-20-13-11-17/h6-9,14,17,20H,3-5,10-13H2,1-2H3. The van der Waals surface area contributed by atoms with Crippen LogP contribution in [0, 0.1) is 0 Å². The number of hydrogen-bond donors (Lipinski definition) is 1. The van der Waals surface area contributed by atoms with Crippen LogP contribution in [-0.2, 0) is 6.42 Å². The summed E-state index contributed by atoms with van der Waals surface area (Å²) >= 11 is 0.